The van der Waals surface area contributed by atoms with Crippen LogP contribution in [0.15, 0.2) is 121 Å². The summed E-state index contributed by atoms with van der Waals surface area (Å²) in [7, 11) is -6.35. The highest BCUT2D eigenvalue weighted by Crippen LogP contribution is 2.38. The summed E-state index contributed by atoms with van der Waals surface area (Å²) in [5.41, 5.74) is 16.6. The number of allylic oxidation sites excluding steroid dienone is 2. The third kappa shape index (κ3) is 11.7. The number of carbonyl (C=O) groups is 2. The molecular weight excluding hydrogens is 986 g/mol. The topological polar surface area (TPSA) is 116 Å². The van der Waals surface area contributed by atoms with E-state index in [2.05, 4.69) is 31.8 Å². The maximum absolute atomic E-state index is 14.2. The van der Waals surface area contributed by atoms with Gasteiger partial charge in [-0.1, -0.05) is 152 Å². The van der Waals surface area contributed by atoms with Crippen molar-refractivity contribution in [2.24, 2.45) is 0 Å². The van der Waals surface area contributed by atoms with E-state index in [9.17, 15) is 26.9 Å². The van der Waals surface area contributed by atoms with Crippen LogP contribution in [-0.2, 0) is 60.7 Å². The summed E-state index contributed by atoms with van der Waals surface area (Å²) in [5.74, 6) is 5.11. The predicted octanol–water partition coefficient (Wildman–Crippen LogP) is 15.9. The van der Waals surface area contributed by atoms with Gasteiger partial charge in [-0.3, -0.25) is 9.59 Å². The van der Waals surface area contributed by atoms with Crippen LogP contribution in [-0.4, -0.2) is 46.4 Å². The number of ketones is 2. The van der Waals surface area contributed by atoms with Crippen molar-refractivity contribution in [3.63, 3.8) is 0 Å². The van der Waals surface area contributed by atoms with Crippen LogP contribution in [0, 0.1) is 11.8 Å². The molecule has 0 saturated carbocycles. The summed E-state index contributed by atoms with van der Waals surface area (Å²) in [4.78, 5) is 41.7. The Labute approximate surface area is 455 Å². The highest BCUT2D eigenvalue weighted by Gasteiger charge is 2.30. The van der Waals surface area contributed by atoms with Crippen LogP contribution in [0.4, 0.5) is 17.3 Å². The van der Waals surface area contributed by atoms with Crippen LogP contribution in [0.25, 0.3) is 56.5 Å². The van der Waals surface area contributed by atoms with Crippen molar-refractivity contribution >= 4 is 38.0 Å². The van der Waals surface area contributed by atoms with E-state index in [0.29, 0.717) is 74.1 Å². The molecule has 4 N–H and O–H groups in total. The molecule has 78 heavy (non-hydrogen) atoms. The zero-order valence-corrected chi connectivity index (χ0v) is 45.5. The summed E-state index contributed by atoms with van der Waals surface area (Å²) in [6.07, 6.45) is 7.03. The molecule has 14 heteroatoms. The summed E-state index contributed by atoms with van der Waals surface area (Å²) in [6.45, 7) is 15.9. The van der Waals surface area contributed by atoms with Crippen LogP contribution < -0.4 is 0 Å². The molecule has 0 aliphatic carbocycles. The Morgan fingerprint density at radius 2 is 0.641 bits per heavy atom. The first kappa shape index (κ1) is 56.0. The van der Waals surface area contributed by atoms with Crippen molar-refractivity contribution in [2.45, 2.75) is 107 Å². The summed E-state index contributed by atoms with van der Waals surface area (Å²) in [5, 5.41) is 0. The second-order valence-electron chi connectivity index (χ2n) is 18.8. The number of hydrogen-bond donors (Lipinski definition) is 4. The average Bonchev–Trinajstić information content (AvgIpc) is 4.31. The van der Waals surface area contributed by atoms with E-state index < -0.39 is 26.5 Å². The smallest absolute Gasteiger partial charge is 0.503 e. The van der Waals surface area contributed by atoms with E-state index in [-0.39, 0.29) is 11.5 Å². The Morgan fingerprint density at radius 1 is 0.385 bits per heavy atom. The largest absolute Gasteiger partial charge is 0.796 e. The monoisotopic (exact) mass is 1050 g/mol. The fraction of sp³-hybridized carbons (Fsp3) is 0.250. The van der Waals surface area contributed by atoms with Gasteiger partial charge in [0.15, 0.2) is 0 Å². The summed E-state index contributed by atoms with van der Waals surface area (Å²) in [6, 6.07) is 34.8. The molecule has 4 aromatic heterocycles. The molecule has 8 aromatic rings. The fourth-order valence-electron chi connectivity index (χ4n) is 11.0. The normalized spacial score (nSPS) is 11.6. The van der Waals surface area contributed by atoms with E-state index in [1.165, 1.54) is 12.2 Å². The average molecular weight is 1050 g/mol. The lowest BCUT2D eigenvalue weighted by atomic mass is 9.98. The van der Waals surface area contributed by atoms with Gasteiger partial charge in [-0.25, -0.2) is 17.3 Å². The van der Waals surface area contributed by atoms with E-state index in [1.807, 2.05) is 165 Å². The van der Waals surface area contributed by atoms with Gasteiger partial charge in [0.25, 0.3) is 0 Å². The molecule has 0 unspecified atom stereocenters. The molecule has 0 amide bonds. The zero-order chi connectivity index (χ0) is 55.6. The molecule has 0 fully saturated rings. The first-order valence-corrected chi connectivity index (χ1v) is 27.0. The van der Waals surface area contributed by atoms with Gasteiger partial charge in [-0.15, -0.1) is 0 Å². The van der Waals surface area contributed by atoms with Gasteiger partial charge < -0.3 is 29.2 Å². The van der Waals surface area contributed by atoms with E-state index >= 15 is 0 Å². The van der Waals surface area contributed by atoms with E-state index in [4.69, 9.17) is 9.31 Å². The molecule has 0 radical (unpaired) electrons. The van der Waals surface area contributed by atoms with Gasteiger partial charge in [0.05, 0.1) is 22.8 Å². The molecule has 4 aromatic carbocycles. The summed E-state index contributed by atoms with van der Waals surface area (Å²) >= 11 is 0. The van der Waals surface area contributed by atoms with Crippen LogP contribution in [0.1, 0.15) is 143 Å². The summed E-state index contributed by atoms with van der Waals surface area (Å²) < 4.78 is 67.2. The third-order valence-corrected chi connectivity index (χ3v) is 14.5. The van der Waals surface area contributed by atoms with Gasteiger partial charge >= 0.3 is 14.9 Å². The number of rotatable bonds is 22. The number of carbonyl (C=O) groups excluding carboxylic acids is 2. The van der Waals surface area contributed by atoms with Crippen molar-refractivity contribution in [2.75, 3.05) is 0 Å². The van der Waals surface area contributed by atoms with Crippen molar-refractivity contribution in [3.05, 3.63) is 200 Å². The standard InChI is InChI=1S/C64H64B2F4N4O4/c1-9-45-49(13-5)61(71-57(45)41-23-19-17-20-24-41)53(75)37-55(77-65(67)68)63-51(15-7)47(11-3)59(73-63)43-33-29-39(30-34-43)27-28-40-31-35-44(36-32-40)60-48(12-4)52(16-8)64(74-60)56(78-66(69)70)38-54(76)62-50(14-6)46(10-2)58(72-62)42-25-21-18-22-26-42/h17-26,29-38,71-74H,9-16H2,1-8H3/b55-37-,56-38+. The SMILES string of the molecule is CCc1c(C(=O)/C=C(\OB(F)F)c2[nH]c(-c3ccc(C#Cc4ccc(-c5[nH]c(/C(=C\C(=O)c6[nH]c(-c7ccccc7)c(CC)c6CC)OB(F)F)c(CC)c5CC)cc4)cc3)c(CC)c2CC)[nH]c(-c2ccccc2)c1CC. The highest BCUT2D eigenvalue weighted by molar-refractivity contribution is 6.36. The Balaban J connectivity index is 1.06. The maximum atomic E-state index is 14.2. The molecule has 0 atom stereocenters. The van der Waals surface area contributed by atoms with E-state index in [0.717, 1.165) is 101 Å². The number of aromatic amines is 4. The van der Waals surface area contributed by atoms with Crippen molar-refractivity contribution in [3.8, 4) is 56.9 Å². The second-order valence-corrected chi connectivity index (χ2v) is 18.8. The number of nitrogens with one attached hydrogen (secondary N) is 4. The third-order valence-electron chi connectivity index (χ3n) is 14.5. The zero-order valence-electron chi connectivity index (χ0n) is 45.5. The minimum Gasteiger partial charge on any atom is -0.503 e. The Hall–Kier alpha value is -8.17. The van der Waals surface area contributed by atoms with Gasteiger partial charge in [0.1, 0.15) is 11.5 Å². The maximum Gasteiger partial charge on any atom is 0.796 e. The molecule has 4 heterocycles. The van der Waals surface area contributed by atoms with Crippen LogP contribution in [0.5, 0.6) is 0 Å². The van der Waals surface area contributed by atoms with Crippen LogP contribution in [0.2, 0.25) is 0 Å². The van der Waals surface area contributed by atoms with Crippen molar-refractivity contribution < 1.29 is 36.2 Å². The first-order chi connectivity index (χ1) is 37.8. The Morgan fingerprint density at radius 3 is 0.910 bits per heavy atom. The number of H-pyrrole nitrogens is 4. The predicted molar refractivity (Wildman–Crippen MR) is 309 cm³/mol. The van der Waals surface area contributed by atoms with E-state index in [1.54, 1.807) is 0 Å². The fourth-order valence-corrected chi connectivity index (χ4v) is 11.0. The number of halogens is 4. The Kier molecular flexibility index (Phi) is 18.2. The van der Waals surface area contributed by atoms with Gasteiger partial charge in [0, 0.05) is 46.1 Å². The molecule has 0 saturated heterocycles. The molecule has 8 nitrogen and oxygen atoms in total. The minimum atomic E-state index is -3.17. The van der Waals surface area contributed by atoms with Gasteiger partial charge in [0.2, 0.25) is 11.6 Å². The van der Waals surface area contributed by atoms with Crippen molar-refractivity contribution in [1.29, 1.82) is 0 Å². The van der Waals surface area contributed by atoms with Gasteiger partial charge in [-0.2, -0.15) is 0 Å². The highest BCUT2D eigenvalue weighted by atomic mass is 19.2. The Bertz CT molecular complexity index is 3310. The lowest BCUT2D eigenvalue weighted by molar-refractivity contribution is 0.103. The number of hydrogen-bond acceptors (Lipinski definition) is 4. The molecular formula is C64H64B2F4N4O4. The minimum absolute atomic E-state index is 0.235. The molecule has 0 aliphatic heterocycles. The molecule has 0 bridgehead atoms. The lowest BCUT2D eigenvalue weighted by Gasteiger charge is -2.10. The van der Waals surface area contributed by atoms with Crippen LogP contribution >= 0.6 is 0 Å². The molecule has 0 aliphatic rings. The molecule has 0 spiro atoms. The van der Waals surface area contributed by atoms with Crippen LogP contribution in [0.3, 0.4) is 0 Å². The molecule has 398 valence electrons. The quantitative estimate of drug-likeness (QED) is 0.0135. The number of benzene rings is 4. The first-order valence-electron chi connectivity index (χ1n) is 27.0. The second kappa shape index (κ2) is 25.3. The van der Waals surface area contributed by atoms with Gasteiger partial charge in [-0.05, 0) is 142 Å². The molecule has 8 rings (SSSR count). The number of aromatic nitrogens is 4. The lowest BCUT2D eigenvalue weighted by Crippen LogP contribution is -2.09. The van der Waals surface area contributed by atoms with Crippen molar-refractivity contribution in [1.82, 2.24) is 19.9 Å².